The Morgan fingerprint density at radius 3 is 2.32 bits per heavy atom. The minimum Gasteiger partial charge on any atom is -0.274 e. The van der Waals surface area contributed by atoms with E-state index < -0.39 is 0 Å². The van der Waals surface area contributed by atoms with Crippen LogP contribution in [0.4, 0.5) is 5.69 Å². The molecule has 1 aliphatic rings. The van der Waals surface area contributed by atoms with E-state index in [4.69, 9.17) is 11.6 Å². The number of benzene rings is 2. The lowest BCUT2D eigenvalue weighted by Crippen LogP contribution is -2.30. The summed E-state index contributed by atoms with van der Waals surface area (Å²) in [6.45, 7) is 0. The quantitative estimate of drug-likeness (QED) is 0.750. The van der Waals surface area contributed by atoms with Gasteiger partial charge in [0, 0.05) is 15.9 Å². The van der Waals surface area contributed by atoms with Gasteiger partial charge in [0.25, 0.3) is 0 Å². The van der Waals surface area contributed by atoms with Gasteiger partial charge in [-0.25, -0.2) is 0 Å². The Hall–Kier alpha value is -1.65. The molecule has 5 heteroatoms. The molecule has 2 amide bonds. The Bertz CT molecular complexity index is 712. The van der Waals surface area contributed by atoms with Gasteiger partial charge in [-0.15, -0.1) is 0 Å². The van der Waals surface area contributed by atoms with Crippen LogP contribution in [-0.4, -0.2) is 11.8 Å². The van der Waals surface area contributed by atoms with Crippen molar-refractivity contribution in [3.8, 4) is 0 Å². The molecule has 0 N–H and O–H groups in total. The van der Waals surface area contributed by atoms with Gasteiger partial charge < -0.3 is 0 Å². The summed E-state index contributed by atoms with van der Waals surface area (Å²) in [5, 5.41) is 0.661. The highest BCUT2D eigenvalue weighted by Gasteiger charge is 2.39. The average Bonchev–Trinajstić information content (AvgIpc) is 2.77. The summed E-state index contributed by atoms with van der Waals surface area (Å²) in [5.74, 6) is -0.592. The maximum atomic E-state index is 12.5. The lowest BCUT2D eigenvalue weighted by atomic mass is 9.98. The number of nitrogens with zero attached hydrogens (tertiary/aromatic N) is 1. The number of halogens is 2. The standard InChI is InChI=1S/C17H13BrClNO2/c18-13-3-7-15(8-4-13)20-16(21)10-12(17(20)22)9-11-1-5-14(19)6-2-11/h1-8,12H,9-10H2. The summed E-state index contributed by atoms with van der Waals surface area (Å²) in [5.41, 5.74) is 1.63. The Balaban J connectivity index is 1.79. The van der Waals surface area contributed by atoms with Crippen molar-refractivity contribution in [2.45, 2.75) is 12.8 Å². The van der Waals surface area contributed by atoms with Gasteiger partial charge in [-0.3, -0.25) is 14.5 Å². The van der Waals surface area contributed by atoms with Gasteiger partial charge in [0.2, 0.25) is 11.8 Å². The molecule has 1 heterocycles. The van der Waals surface area contributed by atoms with E-state index in [2.05, 4.69) is 15.9 Å². The first-order valence-electron chi connectivity index (χ1n) is 6.91. The molecule has 0 saturated carbocycles. The normalized spacial score (nSPS) is 18.1. The van der Waals surface area contributed by atoms with E-state index in [9.17, 15) is 9.59 Å². The summed E-state index contributed by atoms with van der Waals surface area (Å²) in [7, 11) is 0. The molecule has 1 aliphatic heterocycles. The van der Waals surface area contributed by atoms with Crippen molar-refractivity contribution in [3.63, 3.8) is 0 Å². The molecule has 112 valence electrons. The smallest absolute Gasteiger partial charge is 0.237 e. The molecule has 0 radical (unpaired) electrons. The maximum Gasteiger partial charge on any atom is 0.237 e. The lowest BCUT2D eigenvalue weighted by molar-refractivity contribution is -0.122. The van der Waals surface area contributed by atoms with Crippen LogP contribution in [0.15, 0.2) is 53.0 Å². The van der Waals surface area contributed by atoms with Crippen molar-refractivity contribution in [2.24, 2.45) is 5.92 Å². The maximum absolute atomic E-state index is 12.5. The van der Waals surface area contributed by atoms with Gasteiger partial charge in [0.1, 0.15) is 0 Å². The molecule has 3 rings (SSSR count). The Morgan fingerprint density at radius 2 is 1.68 bits per heavy atom. The molecule has 1 saturated heterocycles. The summed E-state index contributed by atoms with van der Waals surface area (Å²) >= 11 is 9.21. The van der Waals surface area contributed by atoms with Crippen molar-refractivity contribution in [2.75, 3.05) is 4.90 Å². The van der Waals surface area contributed by atoms with Crippen LogP contribution in [0.1, 0.15) is 12.0 Å². The highest BCUT2D eigenvalue weighted by atomic mass is 79.9. The first-order valence-corrected chi connectivity index (χ1v) is 8.08. The number of carbonyl (C=O) groups excluding carboxylic acids is 2. The number of hydrogen-bond acceptors (Lipinski definition) is 2. The first-order chi connectivity index (χ1) is 10.5. The van der Waals surface area contributed by atoms with E-state index in [1.165, 1.54) is 4.90 Å². The predicted molar refractivity (Wildman–Crippen MR) is 89.9 cm³/mol. The minimum absolute atomic E-state index is 0.137. The molecule has 1 atom stereocenters. The van der Waals surface area contributed by atoms with Crippen LogP contribution < -0.4 is 4.90 Å². The molecule has 22 heavy (non-hydrogen) atoms. The third-order valence-corrected chi connectivity index (χ3v) is 4.50. The van der Waals surface area contributed by atoms with Crippen molar-refractivity contribution >= 4 is 45.0 Å². The molecular weight excluding hydrogens is 366 g/mol. The fourth-order valence-electron chi connectivity index (χ4n) is 2.62. The van der Waals surface area contributed by atoms with Crippen LogP contribution in [0.5, 0.6) is 0 Å². The number of amides is 2. The van der Waals surface area contributed by atoms with Gasteiger partial charge in [-0.1, -0.05) is 39.7 Å². The molecule has 3 nitrogen and oxygen atoms in total. The van der Waals surface area contributed by atoms with Crippen LogP contribution in [0.3, 0.4) is 0 Å². The number of imide groups is 1. The van der Waals surface area contributed by atoms with E-state index in [1.54, 1.807) is 24.3 Å². The van der Waals surface area contributed by atoms with Crippen LogP contribution in [0, 0.1) is 5.92 Å². The fraction of sp³-hybridized carbons (Fsp3) is 0.176. The van der Waals surface area contributed by atoms with Crippen LogP contribution >= 0.6 is 27.5 Å². The molecular formula is C17H13BrClNO2. The van der Waals surface area contributed by atoms with Crippen molar-refractivity contribution in [1.29, 1.82) is 0 Å². The highest BCUT2D eigenvalue weighted by Crippen LogP contribution is 2.29. The van der Waals surface area contributed by atoms with E-state index in [0.29, 0.717) is 17.1 Å². The summed E-state index contributed by atoms with van der Waals surface area (Å²) in [6, 6.07) is 14.6. The largest absolute Gasteiger partial charge is 0.274 e. The molecule has 0 bridgehead atoms. The highest BCUT2D eigenvalue weighted by molar-refractivity contribution is 9.10. The fourth-order valence-corrected chi connectivity index (χ4v) is 3.01. The zero-order valence-electron chi connectivity index (χ0n) is 11.6. The van der Waals surface area contributed by atoms with Crippen molar-refractivity contribution in [1.82, 2.24) is 0 Å². The van der Waals surface area contributed by atoms with E-state index in [1.807, 2.05) is 24.3 Å². The van der Waals surface area contributed by atoms with E-state index >= 15 is 0 Å². The Morgan fingerprint density at radius 1 is 1.05 bits per heavy atom. The van der Waals surface area contributed by atoms with E-state index in [-0.39, 0.29) is 24.2 Å². The zero-order chi connectivity index (χ0) is 15.7. The van der Waals surface area contributed by atoms with Gasteiger partial charge in [-0.2, -0.15) is 0 Å². The number of hydrogen-bond donors (Lipinski definition) is 0. The molecule has 2 aromatic rings. The van der Waals surface area contributed by atoms with E-state index in [0.717, 1.165) is 10.0 Å². The summed E-state index contributed by atoms with van der Waals surface area (Å²) < 4.78 is 0.910. The number of rotatable bonds is 3. The van der Waals surface area contributed by atoms with Crippen LogP contribution in [0.2, 0.25) is 5.02 Å². The number of anilines is 1. The van der Waals surface area contributed by atoms with Crippen molar-refractivity contribution in [3.05, 3.63) is 63.6 Å². The van der Waals surface area contributed by atoms with Crippen LogP contribution in [0.25, 0.3) is 0 Å². The SMILES string of the molecule is O=C1CC(Cc2ccc(Cl)cc2)C(=O)N1c1ccc(Br)cc1. The van der Waals surface area contributed by atoms with Crippen LogP contribution in [-0.2, 0) is 16.0 Å². The van der Waals surface area contributed by atoms with Gasteiger partial charge in [0.05, 0.1) is 11.6 Å². The van der Waals surface area contributed by atoms with Gasteiger partial charge >= 0.3 is 0 Å². The first kappa shape index (κ1) is 15.3. The summed E-state index contributed by atoms with van der Waals surface area (Å²) in [4.78, 5) is 26.0. The molecule has 0 aromatic heterocycles. The minimum atomic E-state index is -0.308. The second-order valence-corrected chi connectivity index (χ2v) is 6.63. The molecule has 1 fully saturated rings. The Labute approximate surface area is 142 Å². The molecule has 1 unspecified atom stereocenters. The third kappa shape index (κ3) is 3.08. The average molecular weight is 379 g/mol. The third-order valence-electron chi connectivity index (χ3n) is 3.72. The molecule has 2 aromatic carbocycles. The predicted octanol–water partition coefficient (Wildman–Crippen LogP) is 4.22. The van der Waals surface area contributed by atoms with Crippen molar-refractivity contribution < 1.29 is 9.59 Å². The molecule has 0 spiro atoms. The number of carbonyl (C=O) groups is 2. The second-order valence-electron chi connectivity index (χ2n) is 5.28. The second kappa shape index (κ2) is 6.23. The monoisotopic (exact) mass is 377 g/mol. The summed E-state index contributed by atoms with van der Waals surface area (Å²) in [6.07, 6.45) is 0.798. The zero-order valence-corrected chi connectivity index (χ0v) is 14.0. The molecule has 0 aliphatic carbocycles. The topological polar surface area (TPSA) is 37.4 Å². The van der Waals surface area contributed by atoms with Gasteiger partial charge in [0.15, 0.2) is 0 Å². The van der Waals surface area contributed by atoms with Gasteiger partial charge in [-0.05, 0) is 48.4 Å². The Kier molecular flexibility index (Phi) is 4.32. The lowest BCUT2D eigenvalue weighted by Gasteiger charge is -2.15.